The average molecular weight is 383 g/mol. The van der Waals surface area contributed by atoms with Crippen molar-refractivity contribution in [2.24, 2.45) is 0 Å². The minimum Gasteiger partial charge on any atom is -0.340 e. The van der Waals surface area contributed by atoms with Crippen molar-refractivity contribution in [2.45, 2.75) is 12.6 Å². The summed E-state index contributed by atoms with van der Waals surface area (Å²) in [6.45, 7) is 0.778. The Bertz CT molecular complexity index is 1030. The molecule has 0 fully saturated rings. The van der Waals surface area contributed by atoms with Crippen molar-refractivity contribution in [1.82, 2.24) is 4.98 Å². The minimum absolute atomic E-state index is 0.0803. The van der Waals surface area contributed by atoms with Crippen molar-refractivity contribution in [3.63, 3.8) is 0 Å². The van der Waals surface area contributed by atoms with Crippen LogP contribution in [0.25, 0.3) is 0 Å². The van der Waals surface area contributed by atoms with Gasteiger partial charge >= 0.3 is 6.18 Å². The van der Waals surface area contributed by atoms with Gasteiger partial charge < -0.3 is 10.2 Å². The normalized spacial score (nSPS) is 13.3. The number of alkyl halides is 3. The van der Waals surface area contributed by atoms with Crippen LogP contribution in [0.15, 0.2) is 67.0 Å². The molecule has 0 saturated carbocycles. The van der Waals surface area contributed by atoms with Gasteiger partial charge in [-0.25, -0.2) is 0 Å². The highest BCUT2D eigenvalue weighted by molar-refractivity contribution is 6.04. The molecular weight excluding hydrogens is 367 g/mol. The van der Waals surface area contributed by atoms with Crippen molar-refractivity contribution in [1.29, 1.82) is 0 Å². The number of carbonyl (C=O) groups is 1. The summed E-state index contributed by atoms with van der Waals surface area (Å²) in [5.74, 6) is -0.513. The average Bonchev–Trinajstić information content (AvgIpc) is 3.12. The van der Waals surface area contributed by atoms with Gasteiger partial charge in [0.25, 0.3) is 5.91 Å². The van der Waals surface area contributed by atoms with E-state index in [0.717, 1.165) is 36.5 Å². The predicted molar refractivity (Wildman–Crippen MR) is 101 cm³/mol. The van der Waals surface area contributed by atoms with Crippen LogP contribution in [0.2, 0.25) is 0 Å². The zero-order valence-electron chi connectivity index (χ0n) is 14.7. The van der Waals surface area contributed by atoms with Crippen LogP contribution in [-0.4, -0.2) is 17.4 Å². The summed E-state index contributed by atoms with van der Waals surface area (Å²) in [6, 6.07) is 14.3. The van der Waals surface area contributed by atoms with Gasteiger partial charge in [-0.1, -0.05) is 24.3 Å². The number of para-hydroxylation sites is 1. The number of hydrogen-bond donors (Lipinski definition) is 1. The third-order valence-corrected chi connectivity index (χ3v) is 4.63. The Kier molecular flexibility index (Phi) is 4.50. The molecule has 1 aromatic heterocycles. The van der Waals surface area contributed by atoms with Crippen molar-refractivity contribution in [2.75, 3.05) is 16.8 Å². The number of anilines is 3. The molecule has 0 bridgehead atoms. The molecule has 1 amide bonds. The summed E-state index contributed by atoms with van der Waals surface area (Å²) in [7, 11) is 0. The molecule has 1 N–H and O–H groups in total. The minimum atomic E-state index is -4.47. The third-order valence-electron chi connectivity index (χ3n) is 4.63. The molecule has 2 aromatic carbocycles. The van der Waals surface area contributed by atoms with Crippen molar-refractivity contribution >= 4 is 23.0 Å². The monoisotopic (exact) mass is 383 g/mol. The van der Waals surface area contributed by atoms with Crippen LogP contribution in [0.5, 0.6) is 0 Å². The number of nitrogens with one attached hydrogen (secondary N) is 1. The number of amides is 1. The number of nitrogens with zero attached hydrogens (tertiary/aromatic N) is 2. The van der Waals surface area contributed by atoms with Crippen molar-refractivity contribution in [3.05, 3.63) is 83.7 Å². The first-order valence-corrected chi connectivity index (χ1v) is 8.71. The lowest BCUT2D eigenvalue weighted by Gasteiger charge is -2.19. The van der Waals surface area contributed by atoms with Crippen LogP contribution in [0.3, 0.4) is 0 Å². The number of carbonyl (C=O) groups excluding carboxylic acids is 1. The number of pyridine rings is 1. The van der Waals surface area contributed by atoms with E-state index in [2.05, 4.69) is 21.3 Å². The maximum atomic E-state index is 12.8. The molecule has 0 saturated heterocycles. The Morgan fingerprint density at radius 2 is 1.86 bits per heavy atom. The van der Waals surface area contributed by atoms with Gasteiger partial charge in [0.15, 0.2) is 0 Å². The molecule has 142 valence electrons. The molecule has 1 aliphatic rings. The molecule has 0 spiro atoms. The molecule has 0 atom stereocenters. The summed E-state index contributed by atoms with van der Waals surface area (Å²) in [6.07, 6.45) is -0.500. The summed E-state index contributed by atoms with van der Waals surface area (Å²) in [4.78, 5) is 18.7. The second kappa shape index (κ2) is 6.99. The third kappa shape index (κ3) is 3.55. The van der Waals surface area contributed by atoms with Crippen molar-refractivity contribution in [3.8, 4) is 0 Å². The standard InChI is InChI=1S/C21H16F3N3O/c22-21(23,24)16-5-3-6-17(11-16)26-20(28)15-10-18(13-25-12-15)27-9-8-14-4-1-2-7-19(14)27/h1-7,10-13H,8-9H2,(H,26,28). The van der Waals surface area contributed by atoms with E-state index in [0.29, 0.717) is 0 Å². The fourth-order valence-electron chi connectivity index (χ4n) is 3.28. The fraction of sp³-hybridized carbons (Fsp3) is 0.143. The van der Waals surface area contributed by atoms with Gasteiger partial charge in [-0.3, -0.25) is 9.78 Å². The summed E-state index contributed by atoms with van der Waals surface area (Å²) < 4.78 is 38.5. The van der Waals surface area contributed by atoms with Crippen LogP contribution < -0.4 is 10.2 Å². The highest BCUT2D eigenvalue weighted by atomic mass is 19.4. The van der Waals surface area contributed by atoms with E-state index >= 15 is 0 Å². The summed E-state index contributed by atoms with van der Waals surface area (Å²) in [5, 5.41) is 2.51. The Hall–Kier alpha value is -3.35. The van der Waals surface area contributed by atoms with Gasteiger partial charge in [-0.15, -0.1) is 0 Å². The Morgan fingerprint density at radius 3 is 2.68 bits per heavy atom. The molecule has 4 rings (SSSR count). The summed E-state index contributed by atoms with van der Waals surface area (Å²) >= 11 is 0. The van der Waals surface area contributed by atoms with E-state index in [1.807, 2.05) is 18.2 Å². The fourth-order valence-corrected chi connectivity index (χ4v) is 3.28. The van der Waals surface area contributed by atoms with Crippen LogP contribution in [0.4, 0.5) is 30.2 Å². The maximum Gasteiger partial charge on any atom is 0.416 e. The lowest BCUT2D eigenvalue weighted by Crippen LogP contribution is -2.17. The molecule has 0 aliphatic carbocycles. The zero-order chi connectivity index (χ0) is 19.7. The maximum absolute atomic E-state index is 12.8. The lowest BCUT2D eigenvalue weighted by molar-refractivity contribution is -0.137. The molecule has 0 radical (unpaired) electrons. The first-order valence-electron chi connectivity index (χ1n) is 8.71. The van der Waals surface area contributed by atoms with Gasteiger partial charge in [-0.2, -0.15) is 13.2 Å². The van der Waals surface area contributed by atoms with Crippen LogP contribution in [-0.2, 0) is 12.6 Å². The van der Waals surface area contributed by atoms with Gasteiger partial charge in [0.2, 0.25) is 0 Å². The van der Waals surface area contributed by atoms with Gasteiger partial charge in [-0.05, 0) is 42.3 Å². The molecule has 1 aliphatic heterocycles. The number of benzene rings is 2. The number of halogens is 3. The van der Waals surface area contributed by atoms with Gasteiger partial charge in [0, 0.05) is 24.1 Å². The highest BCUT2D eigenvalue weighted by Crippen LogP contribution is 2.34. The smallest absolute Gasteiger partial charge is 0.340 e. The van der Waals surface area contributed by atoms with E-state index in [1.54, 1.807) is 12.3 Å². The van der Waals surface area contributed by atoms with Crippen molar-refractivity contribution < 1.29 is 18.0 Å². The first-order chi connectivity index (χ1) is 13.4. The van der Waals surface area contributed by atoms with E-state index in [9.17, 15) is 18.0 Å². The van der Waals surface area contributed by atoms with Crippen LogP contribution >= 0.6 is 0 Å². The van der Waals surface area contributed by atoms with Gasteiger partial charge in [0.1, 0.15) is 0 Å². The number of fused-ring (bicyclic) bond motifs is 1. The topological polar surface area (TPSA) is 45.2 Å². The Balaban J connectivity index is 1.56. The molecule has 4 nitrogen and oxygen atoms in total. The molecule has 0 unspecified atom stereocenters. The lowest BCUT2D eigenvalue weighted by atomic mass is 10.1. The molecular formula is C21H16F3N3O. The van der Waals surface area contributed by atoms with Gasteiger partial charge in [0.05, 0.1) is 23.0 Å². The Labute approximate surface area is 159 Å². The number of rotatable bonds is 3. The van der Waals surface area contributed by atoms with Crippen LogP contribution in [0, 0.1) is 0 Å². The van der Waals surface area contributed by atoms with Crippen LogP contribution in [0.1, 0.15) is 21.5 Å². The van der Waals surface area contributed by atoms with E-state index in [1.165, 1.54) is 23.9 Å². The molecule has 28 heavy (non-hydrogen) atoms. The first kappa shape index (κ1) is 18.0. The zero-order valence-corrected chi connectivity index (χ0v) is 14.7. The molecule has 7 heteroatoms. The quantitative estimate of drug-likeness (QED) is 0.689. The second-order valence-corrected chi connectivity index (χ2v) is 6.49. The SMILES string of the molecule is O=C(Nc1cccc(C(F)(F)F)c1)c1cncc(N2CCc3ccccc32)c1. The molecule has 3 aromatic rings. The summed E-state index contributed by atoms with van der Waals surface area (Å²) in [5.41, 5.74) is 2.60. The highest BCUT2D eigenvalue weighted by Gasteiger charge is 2.30. The Morgan fingerprint density at radius 1 is 1.04 bits per heavy atom. The predicted octanol–water partition coefficient (Wildman–Crippen LogP) is 5.05. The van der Waals surface area contributed by atoms with E-state index < -0.39 is 17.6 Å². The van der Waals surface area contributed by atoms with E-state index in [-0.39, 0.29) is 11.3 Å². The largest absolute Gasteiger partial charge is 0.416 e. The van der Waals surface area contributed by atoms with E-state index in [4.69, 9.17) is 0 Å². The number of hydrogen-bond acceptors (Lipinski definition) is 3. The second-order valence-electron chi connectivity index (χ2n) is 6.49. The molecule has 2 heterocycles. The number of aromatic nitrogens is 1.